The highest BCUT2D eigenvalue weighted by atomic mass is 35.5. The maximum Gasteiger partial charge on any atom is 0.251 e. The van der Waals surface area contributed by atoms with Crippen LogP contribution in [0.1, 0.15) is 22.3 Å². The van der Waals surface area contributed by atoms with Gasteiger partial charge in [0.15, 0.2) is 0 Å². The zero-order valence-electron chi connectivity index (χ0n) is 16.2. The first-order valence-corrected chi connectivity index (χ1v) is 11.3. The second-order valence-corrected chi connectivity index (χ2v) is 8.95. The molecule has 156 valence electrons. The van der Waals surface area contributed by atoms with Crippen molar-refractivity contribution in [3.8, 4) is 0 Å². The lowest BCUT2D eigenvalue weighted by Gasteiger charge is -2.34. The molecule has 2 saturated heterocycles. The minimum atomic E-state index is -0.534. The molecule has 2 aliphatic heterocycles. The second-order valence-electron chi connectivity index (χ2n) is 7.48. The average Bonchev–Trinajstić information content (AvgIpc) is 3.17. The van der Waals surface area contributed by atoms with Gasteiger partial charge in [0, 0.05) is 34.7 Å². The third-order valence-corrected chi connectivity index (χ3v) is 6.70. The number of piperazine rings is 1. The average molecular weight is 444 g/mol. The van der Waals surface area contributed by atoms with E-state index in [1.54, 1.807) is 40.9 Å². The fourth-order valence-corrected chi connectivity index (χ4v) is 4.95. The highest BCUT2D eigenvalue weighted by Gasteiger charge is 2.46. The van der Waals surface area contributed by atoms with Crippen molar-refractivity contribution in [1.29, 1.82) is 0 Å². The summed E-state index contributed by atoms with van der Waals surface area (Å²) in [6.45, 7) is 0.343. The molecule has 2 fully saturated rings. The molecule has 3 atom stereocenters. The van der Waals surface area contributed by atoms with Crippen molar-refractivity contribution < 1.29 is 14.4 Å². The number of carbonyl (C=O) groups is 3. The standard InChI is InChI=1S/C22H22ClN3O3S/c23-16-8-6-15(7-9-16)20(27)24-17-10-19-21(28)25-18(22(29)26(19)11-17)13-30-12-14-4-2-1-3-5-14/h1-9,17-19H,10-13H2,(H,24,27)(H,25,28)/t17-,18-,19-/m0/s1. The predicted octanol–water partition coefficient (Wildman–Crippen LogP) is 2.47. The minimum absolute atomic E-state index is 0.0802. The van der Waals surface area contributed by atoms with E-state index in [9.17, 15) is 14.4 Å². The van der Waals surface area contributed by atoms with Crippen molar-refractivity contribution >= 4 is 41.1 Å². The van der Waals surface area contributed by atoms with Gasteiger partial charge in [-0.25, -0.2) is 0 Å². The third kappa shape index (κ3) is 4.63. The molecule has 3 amide bonds. The summed E-state index contributed by atoms with van der Waals surface area (Å²) in [5, 5.41) is 6.35. The van der Waals surface area contributed by atoms with Crippen LogP contribution in [0.2, 0.25) is 5.02 Å². The van der Waals surface area contributed by atoms with Gasteiger partial charge >= 0.3 is 0 Å². The number of fused-ring (bicyclic) bond motifs is 1. The first-order valence-electron chi connectivity index (χ1n) is 9.80. The van der Waals surface area contributed by atoms with E-state index in [0.717, 1.165) is 5.75 Å². The van der Waals surface area contributed by atoms with Crippen molar-refractivity contribution in [2.75, 3.05) is 12.3 Å². The van der Waals surface area contributed by atoms with Crippen molar-refractivity contribution in [3.05, 3.63) is 70.7 Å². The molecule has 30 heavy (non-hydrogen) atoms. The van der Waals surface area contributed by atoms with Gasteiger partial charge in [-0.1, -0.05) is 41.9 Å². The van der Waals surface area contributed by atoms with Crippen LogP contribution in [0.4, 0.5) is 0 Å². The summed E-state index contributed by atoms with van der Waals surface area (Å²) in [5.41, 5.74) is 1.68. The quantitative estimate of drug-likeness (QED) is 0.719. The molecule has 0 unspecified atom stereocenters. The number of nitrogens with one attached hydrogen (secondary N) is 2. The molecular formula is C22H22ClN3O3S. The van der Waals surface area contributed by atoms with Crippen LogP contribution in [0.3, 0.4) is 0 Å². The molecule has 4 rings (SSSR count). The molecule has 0 saturated carbocycles. The molecule has 2 aromatic carbocycles. The molecule has 0 aromatic heterocycles. The predicted molar refractivity (Wildman–Crippen MR) is 117 cm³/mol. The van der Waals surface area contributed by atoms with Crippen LogP contribution in [0.5, 0.6) is 0 Å². The summed E-state index contributed by atoms with van der Waals surface area (Å²) in [7, 11) is 0. The Morgan fingerprint density at radius 1 is 1.13 bits per heavy atom. The lowest BCUT2D eigenvalue weighted by Crippen LogP contribution is -2.61. The van der Waals surface area contributed by atoms with Gasteiger partial charge in [0.1, 0.15) is 12.1 Å². The number of thioether (sulfide) groups is 1. The summed E-state index contributed by atoms with van der Waals surface area (Å²) in [5.74, 6) is 0.833. The van der Waals surface area contributed by atoms with Crippen LogP contribution in [0.15, 0.2) is 54.6 Å². The molecule has 0 radical (unpaired) electrons. The van der Waals surface area contributed by atoms with E-state index in [4.69, 9.17) is 11.6 Å². The molecule has 6 nitrogen and oxygen atoms in total. The van der Waals surface area contributed by atoms with Crippen LogP contribution >= 0.6 is 23.4 Å². The highest BCUT2D eigenvalue weighted by Crippen LogP contribution is 2.25. The van der Waals surface area contributed by atoms with Crippen molar-refractivity contribution in [3.63, 3.8) is 0 Å². The van der Waals surface area contributed by atoms with Gasteiger partial charge in [0.2, 0.25) is 11.8 Å². The number of rotatable bonds is 6. The van der Waals surface area contributed by atoms with Crippen molar-refractivity contribution in [2.45, 2.75) is 30.3 Å². The molecule has 2 aromatic rings. The monoisotopic (exact) mass is 443 g/mol. The molecule has 0 spiro atoms. The summed E-state index contributed by atoms with van der Waals surface area (Å²) in [6.07, 6.45) is 0.417. The fraction of sp³-hybridized carbons (Fsp3) is 0.318. The molecular weight excluding hydrogens is 422 g/mol. The van der Waals surface area contributed by atoms with Gasteiger partial charge in [0.05, 0.1) is 0 Å². The molecule has 0 bridgehead atoms. The molecule has 2 N–H and O–H groups in total. The van der Waals surface area contributed by atoms with Crippen LogP contribution in [-0.2, 0) is 15.3 Å². The maximum atomic E-state index is 12.9. The van der Waals surface area contributed by atoms with Crippen LogP contribution in [0, 0.1) is 0 Å². The van der Waals surface area contributed by atoms with E-state index in [0.29, 0.717) is 29.3 Å². The number of hydrogen-bond acceptors (Lipinski definition) is 4. The fourth-order valence-electron chi connectivity index (χ4n) is 3.81. The Kier molecular flexibility index (Phi) is 6.29. The summed E-state index contributed by atoms with van der Waals surface area (Å²) in [4.78, 5) is 39.5. The number of nitrogens with zero attached hydrogens (tertiary/aromatic N) is 1. The van der Waals surface area contributed by atoms with Gasteiger partial charge in [-0.2, -0.15) is 11.8 Å². The summed E-state index contributed by atoms with van der Waals surface area (Å²) >= 11 is 7.48. The normalized spacial score (nSPS) is 23.1. The highest BCUT2D eigenvalue weighted by molar-refractivity contribution is 7.98. The third-order valence-electron chi connectivity index (χ3n) is 5.34. The Morgan fingerprint density at radius 3 is 2.60 bits per heavy atom. The van der Waals surface area contributed by atoms with E-state index < -0.39 is 12.1 Å². The van der Waals surface area contributed by atoms with Gasteiger partial charge in [-0.15, -0.1) is 0 Å². The van der Waals surface area contributed by atoms with E-state index >= 15 is 0 Å². The number of amides is 3. The number of benzene rings is 2. The van der Waals surface area contributed by atoms with Gasteiger partial charge in [-0.05, 0) is 36.2 Å². The Hall–Kier alpha value is -2.51. The van der Waals surface area contributed by atoms with Gasteiger partial charge in [-0.3, -0.25) is 14.4 Å². The maximum absolute atomic E-state index is 12.9. The lowest BCUT2D eigenvalue weighted by atomic mass is 10.1. The number of carbonyl (C=O) groups excluding carboxylic acids is 3. The Morgan fingerprint density at radius 2 is 1.87 bits per heavy atom. The Balaban J connectivity index is 1.33. The summed E-state index contributed by atoms with van der Waals surface area (Å²) in [6, 6.07) is 15.3. The molecule has 2 heterocycles. The Bertz CT molecular complexity index is 938. The van der Waals surface area contributed by atoms with E-state index in [2.05, 4.69) is 10.6 Å². The topological polar surface area (TPSA) is 78.5 Å². The molecule has 8 heteroatoms. The SMILES string of the molecule is O=C(N[C@H]1C[C@H]2C(=O)N[C@@H](CSCc3ccccc3)C(=O)N2C1)c1ccc(Cl)cc1. The minimum Gasteiger partial charge on any atom is -0.347 e. The summed E-state index contributed by atoms with van der Waals surface area (Å²) < 4.78 is 0. The van der Waals surface area contributed by atoms with Crippen molar-refractivity contribution in [2.24, 2.45) is 0 Å². The van der Waals surface area contributed by atoms with Gasteiger partial charge < -0.3 is 15.5 Å². The Labute approximate surface area is 184 Å². The number of halogens is 1. The van der Waals surface area contributed by atoms with Crippen LogP contribution in [-0.4, -0.2) is 53.0 Å². The van der Waals surface area contributed by atoms with E-state index in [1.807, 2.05) is 30.3 Å². The number of hydrogen-bond donors (Lipinski definition) is 2. The molecule has 2 aliphatic rings. The zero-order valence-corrected chi connectivity index (χ0v) is 17.8. The van der Waals surface area contributed by atoms with Crippen molar-refractivity contribution in [1.82, 2.24) is 15.5 Å². The zero-order chi connectivity index (χ0) is 21.1. The smallest absolute Gasteiger partial charge is 0.251 e. The van der Waals surface area contributed by atoms with Crippen LogP contribution < -0.4 is 10.6 Å². The van der Waals surface area contributed by atoms with E-state index in [1.165, 1.54) is 5.56 Å². The van der Waals surface area contributed by atoms with Gasteiger partial charge in [0.25, 0.3) is 5.91 Å². The first kappa shape index (κ1) is 20.8. The largest absolute Gasteiger partial charge is 0.347 e. The van der Waals surface area contributed by atoms with Crippen LogP contribution in [0.25, 0.3) is 0 Å². The molecule has 0 aliphatic carbocycles. The second kappa shape index (κ2) is 9.10. The van der Waals surface area contributed by atoms with E-state index in [-0.39, 0.29) is 23.8 Å². The first-order chi connectivity index (χ1) is 14.5. The lowest BCUT2D eigenvalue weighted by molar-refractivity contribution is -0.146.